The average molecular weight is 441 g/mol. The van der Waals surface area contributed by atoms with Gasteiger partial charge in [0.1, 0.15) is 0 Å². The van der Waals surface area contributed by atoms with E-state index in [1.165, 1.54) is 23.6 Å². The molecular formula is C21H48N2O7. The van der Waals surface area contributed by atoms with Crippen LogP contribution in [-0.4, -0.2) is 103 Å². The summed E-state index contributed by atoms with van der Waals surface area (Å²) < 4.78 is 19.0. The quantitative estimate of drug-likeness (QED) is 0.341. The van der Waals surface area contributed by atoms with Crippen LogP contribution in [0, 0.1) is 0 Å². The Morgan fingerprint density at radius 1 is 0.867 bits per heavy atom. The zero-order valence-electron chi connectivity index (χ0n) is 21.6. The van der Waals surface area contributed by atoms with Crippen molar-refractivity contribution >= 4 is 18.3 Å². The van der Waals surface area contributed by atoms with Crippen LogP contribution in [0.4, 0.5) is 0 Å². The molecular weight excluding hydrogens is 392 g/mol. The van der Waals surface area contributed by atoms with E-state index in [-0.39, 0.29) is 11.9 Å². The Kier molecular flexibility index (Phi) is 41.4. The van der Waals surface area contributed by atoms with Gasteiger partial charge in [-0.2, -0.15) is 0 Å². The van der Waals surface area contributed by atoms with Crippen LogP contribution in [0.15, 0.2) is 0 Å². The molecule has 0 aromatic carbocycles. The van der Waals surface area contributed by atoms with E-state index in [2.05, 4.69) is 14.2 Å². The van der Waals surface area contributed by atoms with E-state index in [4.69, 9.17) is 4.74 Å². The van der Waals surface area contributed by atoms with Gasteiger partial charge < -0.3 is 28.7 Å². The molecule has 9 nitrogen and oxygen atoms in total. The molecule has 0 N–H and O–H groups in total. The molecule has 2 amide bonds. The molecule has 0 saturated carbocycles. The molecule has 0 bridgehead atoms. The number of nitrogens with zero attached hydrogens (tertiary/aromatic N) is 2. The van der Waals surface area contributed by atoms with Crippen LogP contribution >= 0.6 is 0 Å². The highest BCUT2D eigenvalue weighted by Crippen LogP contribution is 1.93. The predicted octanol–water partition coefficient (Wildman–Crippen LogP) is 2.47. The van der Waals surface area contributed by atoms with Crippen molar-refractivity contribution in [3.63, 3.8) is 0 Å². The second-order valence-corrected chi connectivity index (χ2v) is 6.63. The molecule has 0 unspecified atom stereocenters. The summed E-state index contributed by atoms with van der Waals surface area (Å²) >= 11 is 0. The minimum Gasteiger partial charge on any atom is -0.466 e. The second kappa shape index (κ2) is 32.0. The van der Waals surface area contributed by atoms with Crippen molar-refractivity contribution in [1.82, 2.24) is 9.80 Å². The van der Waals surface area contributed by atoms with E-state index < -0.39 is 0 Å². The number of esters is 1. The maximum absolute atomic E-state index is 10.1. The highest BCUT2D eigenvalue weighted by molar-refractivity contribution is 5.72. The van der Waals surface area contributed by atoms with Crippen LogP contribution < -0.4 is 0 Å². The lowest BCUT2D eigenvalue weighted by Gasteiger charge is -2.09. The number of ether oxygens (including phenoxy) is 4. The summed E-state index contributed by atoms with van der Waals surface area (Å²) in [5.74, 6) is -0.118. The highest BCUT2D eigenvalue weighted by Gasteiger charge is 1.94. The highest BCUT2D eigenvalue weighted by atomic mass is 16.5. The Morgan fingerprint density at radius 3 is 1.20 bits per heavy atom. The van der Waals surface area contributed by atoms with Crippen molar-refractivity contribution in [3.8, 4) is 0 Å². The summed E-state index contributed by atoms with van der Waals surface area (Å²) in [6.45, 7) is 14.7. The van der Waals surface area contributed by atoms with Crippen molar-refractivity contribution in [2.75, 3.05) is 62.2 Å². The Morgan fingerprint density at radius 2 is 1.17 bits per heavy atom. The molecule has 0 atom stereocenters. The van der Waals surface area contributed by atoms with Crippen LogP contribution in [0.1, 0.15) is 48.5 Å². The van der Waals surface area contributed by atoms with Crippen molar-refractivity contribution < 1.29 is 33.3 Å². The monoisotopic (exact) mass is 440 g/mol. The fourth-order valence-electron chi connectivity index (χ4n) is 0.914. The van der Waals surface area contributed by atoms with Gasteiger partial charge in [-0.15, -0.1) is 0 Å². The topological polar surface area (TPSA) is 94.6 Å². The number of carbonyl (C=O) groups excluding carboxylic acids is 3. The van der Waals surface area contributed by atoms with Crippen LogP contribution in [0.2, 0.25) is 0 Å². The number of carbonyl (C=O) groups is 3. The standard InChI is InChI=1S/C6H14O.C4H9NO.C4H10O2.C4H8O2.C3H7NO/c1-5(2)7-6(3)4;1-4(6)5(2)3;1-5-3-4-6-2;1-3-6-4(2)5;1-4(2)3-5/h5-6H,1-4H3;1-3H3;3-4H2,1-2H3;3H2,1-2H3;3H,1-2H3. The van der Waals surface area contributed by atoms with Gasteiger partial charge in [0.25, 0.3) is 0 Å². The zero-order chi connectivity index (χ0) is 25.1. The Hall–Kier alpha value is -1.71. The summed E-state index contributed by atoms with van der Waals surface area (Å²) in [5.41, 5.74) is 0. The first-order chi connectivity index (χ1) is 13.7. The summed E-state index contributed by atoms with van der Waals surface area (Å²) in [6, 6.07) is 0. The lowest BCUT2D eigenvalue weighted by atomic mass is 10.4. The molecule has 0 aliphatic heterocycles. The fourth-order valence-corrected chi connectivity index (χ4v) is 0.914. The molecule has 184 valence electrons. The number of methoxy groups -OCH3 is 2. The first-order valence-electron chi connectivity index (χ1n) is 9.79. The van der Waals surface area contributed by atoms with Gasteiger partial charge in [0.15, 0.2) is 0 Å². The Bertz CT molecular complexity index is 351. The summed E-state index contributed by atoms with van der Waals surface area (Å²) in [6.07, 6.45) is 1.50. The van der Waals surface area contributed by atoms with E-state index >= 15 is 0 Å². The SMILES string of the molecule is CC(=O)N(C)C.CC(C)OC(C)C.CCOC(C)=O.CN(C)C=O.COCCOC. The van der Waals surface area contributed by atoms with E-state index in [1.54, 1.807) is 49.3 Å². The predicted molar refractivity (Wildman–Crippen MR) is 122 cm³/mol. The lowest BCUT2D eigenvalue weighted by Crippen LogP contribution is -2.17. The fraction of sp³-hybridized carbons (Fsp3) is 0.857. The maximum atomic E-state index is 10.1. The number of hydrogen-bond acceptors (Lipinski definition) is 7. The molecule has 0 heterocycles. The van der Waals surface area contributed by atoms with Crippen LogP contribution in [0.5, 0.6) is 0 Å². The molecule has 9 heteroatoms. The van der Waals surface area contributed by atoms with Gasteiger partial charge in [0, 0.05) is 56.3 Å². The molecule has 0 rings (SSSR count). The summed E-state index contributed by atoms with van der Waals surface area (Å²) in [7, 11) is 10.1. The molecule has 0 saturated heterocycles. The van der Waals surface area contributed by atoms with Crippen molar-refractivity contribution in [2.45, 2.75) is 60.7 Å². The third-order valence-corrected chi connectivity index (χ3v) is 2.22. The van der Waals surface area contributed by atoms with Gasteiger partial charge in [0.05, 0.1) is 32.0 Å². The number of hydrogen-bond donors (Lipinski definition) is 0. The smallest absolute Gasteiger partial charge is 0.302 e. The normalized spacial score (nSPS) is 8.63. The van der Waals surface area contributed by atoms with Gasteiger partial charge in [-0.25, -0.2) is 0 Å². The maximum Gasteiger partial charge on any atom is 0.302 e. The van der Waals surface area contributed by atoms with Gasteiger partial charge in [-0.1, -0.05) is 0 Å². The Balaban J connectivity index is -0.0000000872. The van der Waals surface area contributed by atoms with E-state index in [9.17, 15) is 14.4 Å². The van der Waals surface area contributed by atoms with Crippen molar-refractivity contribution in [2.24, 2.45) is 0 Å². The Labute approximate surface area is 185 Å². The van der Waals surface area contributed by atoms with Crippen LogP contribution in [0.25, 0.3) is 0 Å². The molecule has 0 aromatic heterocycles. The van der Waals surface area contributed by atoms with Gasteiger partial charge in [-0.05, 0) is 34.6 Å². The van der Waals surface area contributed by atoms with Gasteiger partial charge in [0.2, 0.25) is 12.3 Å². The molecule has 0 fully saturated rings. The first-order valence-corrected chi connectivity index (χ1v) is 9.79. The van der Waals surface area contributed by atoms with Gasteiger partial charge >= 0.3 is 5.97 Å². The third-order valence-electron chi connectivity index (χ3n) is 2.22. The average Bonchev–Trinajstić information content (AvgIpc) is 2.60. The number of amides is 2. The minimum absolute atomic E-state index is 0.0926. The third kappa shape index (κ3) is 82.3. The summed E-state index contributed by atoms with van der Waals surface area (Å²) in [5, 5.41) is 0. The van der Waals surface area contributed by atoms with E-state index in [0.717, 1.165) is 6.41 Å². The summed E-state index contributed by atoms with van der Waals surface area (Å²) in [4.78, 5) is 32.3. The molecule has 0 aliphatic carbocycles. The van der Waals surface area contributed by atoms with Crippen LogP contribution in [-0.2, 0) is 33.3 Å². The molecule has 0 aliphatic rings. The van der Waals surface area contributed by atoms with Crippen LogP contribution in [0.3, 0.4) is 0 Å². The van der Waals surface area contributed by atoms with Crippen molar-refractivity contribution in [3.05, 3.63) is 0 Å². The lowest BCUT2D eigenvalue weighted by molar-refractivity contribution is -0.140. The van der Waals surface area contributed by atoms with E-state index in [0.29, 0.717) is 32.0 Å². The van der Waals surface area contributed by atoms with E-state index in [1.807, 2.05) is 27.7 Å². The first kappa shape index (κ1) is 38.8. The second-order valence-electron chi connectivity index (χ2n) is 6.63. The molecule has 0 radical (unpaired) electrons. The van der Waals surface area contributed by atoms with Gasteiger partial charge in [-0.3, -0.25) is 14.4 Å². The zero-order valence-corrected chi connectivity index (χ0v) is 21.6. The molecule has 30 heavy (non-hydrogen) atoms. The molecule has 0 spiro atoms. The largest absolute Gasteiger partial charge is 0.466 e. The minimum atomic E-state index is -0.211. The molecule has 0 aromatic rings. The number of rotatable bonds is 7. The van der Waals surface area contributed by atoms with Crippen molar-refractivity contribution in [1.29, 1.82) is 0 Å².